The Morgan fingerprint density at radius 3 is 2.52 bits per heavy atom. The van der Waals surface area contributed by atoms with Crippen LogP contribution in [-0.4, -0.2) is 26.5 Å². The topological polar surface area (TPSA) is 35.5 Å². The lowest BCUT2D eigenvalue weighted by Gasteiger charge is -2.36. The van der Waals surface area contributed by atoms with Crippen LogP contribution in [0, 0.1) is 11.8 Å². The zero-order chi connectivity index (χ0) is 16.6. The van der Waals surface area contributed by atoms with Crippen molar-refractivity contribution in [3.05, 3.63) is 11.1 Å². The summed E-state index contributed by atoms with van der Waals surface area (Å²) in [5.74, 6) is 0.742. The first-order valence-corrected chi connectivity index (χ1v) is 12.1. The minimum absolute atomic E-state index is 0.00355. The standard InChI is InChI=1S/C19H32O3Si/c1-5-23(6-2,7-3)22-17-11-13(4)14-9-8-10-15(14)19-16(17)12-18(20)21-19/h15-17,19H,5-12H2,1-4H3/t15-,16+,17-,19+/m0/s1. The number of rotatable bonds is 5. The van der Waals surface area contributed by atoms with Gasteiger partial charge in [0.25, 0.3) is 0 Å². The van der Waals surface area contributed by atoms with Crippen LogP contribution in [0.5, 0.6) is 0 Å². The minimum Gasteiger partial charge on any atom is -0.461 e. The van der Waals surface area contributed by atoms with Crippen molar-refractivity contribution in [1.82, 2.24) is 0 Å². The van der Waals surface area contributed by atoms with Crippen molar-refractivity contribution in [3.63, 3.8) is 0 Å². The molecule has 2 aliphatic carbocycles. The summed E-state index contributed by atoms with van der Waals surface area (Å²) >= 11 is 0. The zero-order valence-electron chi connectivity index (χ0n) is 15.2. The second-order valence-electron chi connectivity index (χ2n) is 7.73. The Kier molecular flexibility index (Phi) is 5.03. The summed E-state index contributed by atoms with van der Waals surface area (Å²) in [5.41, 5.74) is 3.10. The zero-order valence-corrected chi connectivity index (χ0v) is 16.2. The Balaban J connectivity index is 1.90. The lowest BCUT2D eigenvalue weighted by Crippen LogP contribution is -2.44. The number of ether oxygens (including phenoxy) is 1. The first-order chi connectivity index (χ1) is 11.0. The predicted octanol–water partition coefficient (Wildman–Crippen LogP) is 4.83. The molecule has 0 amide bonds. The molecule has 0 spiro atoms. The monoisotopic (exact) mass is 336 g/mol. The maximum atomic E-state index is 12.0. The van der Waals surface area contributed by atoms with E-state index in [0.717, 1.165) is 6.42 Å². The highest BCUT2D eigenvalue weighted by atomic mass is 28.4. The molecule has 1 heterocycles. The van der Waals surface area contributed by atoms with Gasteiger partial charge in [-0.3, -0.25) is 4.79 Å². The van der Waals surface area contributed by atoms with Crippen LogP contribution in [0.15, 0.2) is 11.1 Å². The molecule has 3 rings (SSSR count). The van der Waals surface area contributed by atoms with Gasteiger partial charge >= 0.3 is 5.97 Å². The second-order valence-corrected chi connectivity index (χ2v) is 12.5. The summed E-state index contributed by atoms with van der Waals surface area (Å²) in [4.78, 5) is 12.0. The molecule has 0 aromatic carbocycles. The van der Waals surface area contributed by atoms with Crippen LogP contribution in [0.3, 0.4) is 0 Å². The molecule has 0 aromatic heterocycles. The molecular formula is C19H32O3Si. The summed E-state index contributed by atoms with van der Waals surface area (Å²) in [6, 6.07) is 3.51. The molecule has 0 unspecified atom stereocenters. The molecule has 1 aliphatic heterocycles. The van der Waals surface area contributed by atoms with Crippen LogP contribution < -0.4 is 0 Å². The van der Waals surface area contributed by atoms with Crippen molar-refractivity contribution in [2.45, 2.75) is 90.1 Å². The lowest BCUT2D eigenvalue weighted by atomic mass is 9.86. The molecule has 0 N–H and O–H groups in total. The van der Waals surface area contributed by atoms with E-state index >= 15 is 0 Å². The lowest BCUT2D eigenvalue weighted by molar-refractivity contribution is -0.143. The van der Waals surface area contributed by atoms with Gasteiger partial charge in [-0.05, 0) is 50.7 Å². The highest BCUT2D eigenvalue weighted by molar-refractivity contribution is 6.73. The van der Waals surface area contributed by atoms with Gasteiger partial charge in [0.2, 0.25) is 0 Å². The van der Waals surface area contributed by atoms with E-state index in [4.69, 9.17) is 9.16 Å². The molecule has 23 heavy (non-hydrogen) atoms. The molecule has 1 saturated carbocycles. The molecule has 4 atom stereocenters. The van der Waals surface area contributed by atoms with E-state index in [-0.39, 0.29) is 24.1 Å². The highest BCUT2D eigenvalue weighted by Crippen LogP contribution is 2.48. The van der Waals surface area contributed by atoms with Gasteiger partial charge in [-0.15, -0.1) is 0 Å². The maximum Gasteiger partial charge on any atom is 0.306 e. The fourth-order valence-corrected chi connectivity index (χ4v) is 8.02. The number of fused-ring (bicyclic) bond motifs is 3. The number of carbonyl (C=O) groups excluding carboxylic acids is 1. The molecule has 0 bridgehead atoms. The van der Waals surface area contributed by atoms with Crippen molar-refractivity contribution in [2.75, 3.05) is 0 Å². The van der Waals surface area contributed by atoms with Crippen LogP contribution in [0.2, 0.25) is 18.1 Å². The summed E-state index contributed by atoms with van der Waals surface area (Å²) in [6.45, 7) is 9.14. The quantitative estimate of drug-likeness (QED) is 0.410. The van der Waals surface area contributed by atoms with E-state index in [1.807, 2.05) is 0 Å². The second kappa shape index (κ2) is 6.71. The first kappa shape index (κ1) is 17.2. The van der Waals surface area contributed by atoms with E-state index < -0.39 is 8.32 Å². The molecule has 1 saturated heterocycles. The van der Waals surface area contributed by atoms with Gasteiger partial charge in [0.1, 0.15) is 6.10 Å². The third kappa shape index (κ3) is 3.04. The van der Waals surface area contributed by atoms with E-state index in [9.17, 15) is 4.79 Å². The largest absolute Gasteiger partial charge is 0.461 e. The van der Waals surface area contributed by atoms with Crippen LogP contribution >= 0.6 is 0 Å². The summed E-state index contributed by atoms with van der Waals surface area (Å²) in [6.07, 6.45) is 5.48. The normalized spacial score (nSPS) is 34.2. The Morgan fingerprint density at radius 1 is 1.17 bits per heavy atom. The molecular weight excluding hydrogens is 304 g/mol. The van der Waals surface area contributed by atoms with Gasteiger partial charge in [0.15, 0.2) is 8.32 Å². The number of esters is 1. The average molecular weight is 337 g/mol. The van der Waals surface area contributed by atoms with Crippen LogP contribution in [0.25, 0.3) is 0 Å². The van der Waals surface area contributed by atoms with Crippen molar-refractivity contribution in [1.29, 1.82) is 0 Å². The Hall–Kier alpha value is -0.613. The first-order valence-electron chi connectivity index (χ1n) is 9.59. The van der Waals surface area contributed by atoms with Crippen molar-refractivity contribution in [2.24, 2.45) is 11.8 Å². The molecule has 0 aromatic rings. The van der Waals surface area contributed by atoms with E-state index in [1.165, 1.54) is 43.0 Å². The smallest absolute Gasteiger partial charge is 0.306 e. The maximum absolute atomic E-state index is 12.0. The van der Waals surface area contributed by atoms with Gasteiger partial charge < -0.3 is 9.16 Å². The van der Waals surface area contributed by atoms with Gasteiger partial charge in [-0.25, -0.2) is 0 Å². The fraction of sp³-hybridized carbons (Fsp3) is 0.842. The van der Waals surface area contributed by atoms with Crippen molar-refractivity contribution >= 4 is 14.3 Å². The number of hydrogen-bond acceptors (Lipinski definition) is 3. The summed E-state index contributed by atoms with van der Waals surface area (Å²) in [5, 5.41) is 0. The Labute approximate surface area is 141 Å². The third-order valence-corrected chi connectivity index (χ3v) is 11.4. The highest BCUT2D eigenvalue weighted by Gasteiger charge is 2.50. The third-order valence-electron chi connectivity index (χ3n) is 6.76. The van der Waals surface area contributed by atoms with Gasteiger partial charge in [-0.1, -0.05) is 31.9 Å². The van der Waals surface area contributed by atoms with E-state index in [2.05, 4.69) is 27.7 Å². The predicted molar refractivity (Wildman–Crippen MR) is 94.7 cm³/mol. The van der Waals surface area contributed by atoms with Gasteiger partial charge in [-0.2, -0.15) is 0 Å². The van der Waals surface area contributed by atoms with Crippen molar-refractivity contribution in [3.8, 4) is 0 Å². The van der Waals surface area contributed by atoms with E-state index in [1.54, 1.807) is 5.57 Å². The molecule has 0 radical (unpaired) electrons. The Bertz CT molecular complexity index is 487. The molecule has 2 fully saturated rings. The summed E-state index contributed by atoms with van der Waals surface area (Å²) in [7, 11) is -1.66. The SMILES string of the molecule is CC[Si](CC)(CC)O[C@H]1CC(C)=C2CCC[C@@H]2[C@H]2OC(=O)C[C@@H]21. The van der Waals surface area contributed by atoms with Gasteiger partial charge in [0, 0.05) is 11.8 Å². The van der Waals surface area contributed by atoms with Crippen LogP contribution in [0.4, 0.5) is 0 Å². The van der Waals surface area contributed by atoms with Crippen LogP contribution in [0.1, 0.15) is 59.8 Å². The average Bonchev–Trinajstić information content (AvgIpc) is 3.16. The van der Waals surface area contributed by atoms with Gasteiger partial charge in [0.05, 0.1) is 12.5 Å². The van der Waals surface area contributed by atoms with Crippen molar-refractivity contribution < 1.29 is 14.0 Å². The fourth-order valence-electron chi connectivity index (χ4n) is 5.12. The minimum atomic E-state index is -1.66. The van der Waals surface area contributed by atoms with E-state index in [0.29, 0.717) is 12.3 Å². The van der Waals surface area contributed by atoms with Crippen LogP contribution in [-0.2, 0) is 14.0 Å². The number of carbonyl (C=O) groups is 1. The Morgan fingerprint density at radius 2 is 1.87 bits per heavy atom. The summed E-state index contributed by atoms with van der Waals surface area (Å²) < 4.78 is 12.7. The molecule has 3 aliphatic rings. The molecule has 3 nitrogen and oxygen atoms in total. The molecule has 4 heteroatoms. The molecule has 130 valence electrons. The number of hydrogen-bond donors (Lipinski definition) is 0.